The number of carbonyl (C=O) groups is 2. The zero-order valence-electron chi connectivity index (χ0n) is 15.2. The predicted molar refractivity (Wildman–Crippen MR) is 99.1 cm³/mol. The standard InChI is InChI=1S/C20H25N3O3/c1-14-4-5-15-12-18(21-17(15)11-14)20(25)23-6-2-3-16(13-23)19(24)22-7-9-26-10-8-22/h4-5,11-12,16,21H,2-3,6-10,13H2,1H3/t16-/m0/s1. The van der Waals surface area contributed by atoms with Crippen LogP contribution < -0.4 is 0 Å². The molecule has 2 aromatic rings. The second kappa shape index (κ2) is 7.11. The van der Waals surface area contributed by atoms with Gasteiger partial charge in [-0.3, -0.25) is 9.59 Å². The molecule has 2 aliphatic rings. The zero-order valence-corrected chi connectivity index (χ0v) is 15.2. The lowest BCUT2D eigenvalue weighted by Crippen LogP contribution is -2.49. The number of ether oxygens (including phenoxy) is 1. The number of rotatable bonds is 2. The Bertz CT molecular complexity index is 823. The van der Waals surface area contributed by atoms with Crippen molar-refractivity contribution in [3.05, 3.63) is 35.5 Å². The number of aromatic amines is 1. The van der Waals surface area contributed by atoms with Crippen molar-refractivity contribution in [3.8, 4) is 0 Å². The molecule has 0 unspecified atom stereocenters. The number of likely N-dealkylation sites (tertiary alicyclic amines) is 1. The van der Waals surface area contributed by atoms with Gasteiger partial charge in [-0.05, 0) is 37.5 Å². The first-order chi connectivity index (χ1) is 12.6. The lowest BCUT2D eigenvalue weighted by molar-refractivity contribution is -0.141. The first kappa shape index (κ1) is 17.1. The Morgan fingerprint density at radius 3 is 2.73 bits per heavy atom. The van der Waals surface area contributed by atoms with Crippen molar-refractivity contribution in [2.24, 2.45) is 5.92 Å². The van der Waals surface area contributed by atoms with Gasteiger partial charge in [0.2, 0.25) is 5.91 Å². The molecule has 4 rings (SSSR count). The molecule has 3 heterocycles. The van der Waals surface area contributed by atoms with Crippen molar-refractivity contribution in [1.29, 1.82) is 0 Å². The van der Waals surface area contributed by atoms with Crippen LogP contribution >= 0.6 is 0 Å². The number of hydrogen-bond acceptors (Lipinski definition) is 3. The lowest BCUT2D eigenvalue weighted by Gasteiger charge is -2.36. The summed E-state index contributed by atoms with van der Waals surface area (Å²) in [5, 5.41) is 1.04. The van der Waals surface area contributed by atoms with Crippen LogP contribution in [0.15, 0.2) is 24.3 Å². The SMILES string of the molecule is Cc1ccc2cc(C(=O)N3CCC[C@H](C(=O)N4CCOCC4)C3)[nH]c2c1. The van der Waals surface area contributed by atoms with E-state index in [1.807, 2.05) is 41.0 Å². The molecule has 0 aliphatic carbocycles. The summed E-state index contributed by atoms with van der Waals surface area (Å²) in [4.78, 5) is 32.7. The third-order valence-electron chi connectivity index (χ3n) is 5.39. The van der Waals surface area contributed by atoms with Gasteiger partial charge >= 0.3 is 0 Å². The third-order valence-corrected chi connectivity index (χ3v) is 5.39. The fraction of sp³-hybridized carbons (Fsp3) is 0.500. The molecule has 1 aromatic heterocycles. The number of carbonyl (C=O) groups excluding carboxylic acids is 2. The molecule has 0 saturated carbocycles. The van der Waals surface area contributed by atoms with Crippen LogP contribution in [0, 0.1) is 12.8 Å². The van der Waals surface area contributed by atoms with Gasteiger partial charge in [0.05, 0.1) is 19.1 Å². The second-order valence-electron chi connectivity index (χ2n) is 7.30. The summed E-state index contributed by atoms with van der Waals surface area (Å²) in [5.41, 5.74) is 2.74. The number of nitrogens with zero attached hydrogens (tertiary/aromatic N) is 2. The van der Waals surface area contributed by atoms with Crippen molar-refractivity contribution in [2.75, 3.05) is 39.4 Å². The average molecular weight is 355 g/mol. The van der Waals surface area contributed by atoms with Gasteiger partial charge in [0.1, 0.15) is 5.69 Å². The van der Waals surface area contributed by atoms with Crippen molar-refractivity contribution in [3.63, 3.8) is 0 Å². The van der Waals surface area contributed by atoms with E-state index in [0.29, 0.717) is 45.1 Å². The summed E-state index contributed by atoms with van der Waals surface area (Å²) in [6, 6.07) is 8.03. The first-order valence-corrected chi connectivity index (χ1v) is 9.37. The number of aromatic nitrogens is 1. The number of hydrogen-bond donors (Lipinski definition) is 1. The highest BCUT2D eigenvalue weighted by Gasteiger charge is 2.32. The van der Waals surface area contributed by atoms with Crippen molar-refractivity contribution in [1.82, 2.24) is 14.8 Å². The van der Waals surface area contributed by atoms with Crippen LogP contribution in [0.2, 0.25) is 0 Å². The Kier molecular flexibility index (Phi) is 4.68. The fourth-order valence-electron chi connectivity index (χ4n) is 3.93. The second-order valence-corrected chi connectivity index (χ2v) is 7.30. The maximum Gasteiger partial charge on any atom is 0.270 e. The maximum absolute atomic E-state index is 12.9. The van der Waals surface area contributed by atoms with Crippen molar-refractivity contribution < 1.29 is 14.3 Å². The zero-order chi connectivity index (χ0) is 18.1. The van der Waals surface area contributed by atoms with Crippen LogP contribution in [0.1, 0.15) is 28.9 Å². The summed E-state index contributed by atoms with van der Waals surface area (Å²) >= 11 is 0. The molecule has 2 fully saturated rings. The van der Waals surface area contributed by atoms with Gasteiger partial charge in [0.15, 0.2) is 0 Å². The monoisotopic (exact) mass is 355 g/mol. The molecule has 6 heteroatoms. The molecule has 0 spiro atoms. The minimum absolute atomic E-state index is 0.0154. The summed E-state index contributed by atoms with van der Waals surface area (Å²) in [7, 11) is 0. The van der Waals surface area contributed by atoms with E-state index in [-0.39, 0.29) is 17.7 Å². The molecule has 2 saturated heterocycles. The van der Waals surface area contributed by atoms with Gasteiger partial charge in [-0.15, -0.1) is 0 Å². The number of fused-ring (bicyclic) bond motifs is 1. The first-order valence-electron chi connectivity index (χ1n) is 9.37. The van der Waals surface area contributed by atoms with Gasteiger partial charge < -0.3 is 19.5 Å². The van der Waals surface area contributed by atoms with E-state index in [9.17, 15) is 9.59 Å². The van der Waals surface area contributed by atoms with Crippen LogP contribution in [0.5, 0.6) is 0 Å². The van der Waals surface area contributed by atoms with Crippen LogP contribution in [0.3, 0.4) is 0 Å². The van der Waals surface area contributed by atoms with Gasteiger partial charge in [0, 0.05) is 37.1 Å². The average Bonchev–Trinajstić information content (AvgIpc) is 3.10. The largest absolute Gasteiger partial charge is 0.378 e. The molecule has 138 valence electrons. The third kappa shape index (κ3) is 3.33. The topological polar surface area (TPSA) is 65.6 Å². The molecule has 1 N–H and O–H groups in total. The molecule has 2 aliphatic heterocycles. The summed E-state index contributed by atoms with van der Waals surface area (Å²) in [6.07, 6.45) is 1.72. The molecule has 6 nitrogen and oxygen atoms in total. The van der Waals surface area contributed by atoms with Gasteiger partial charge in [-0.25, -0.2) is 0 Å². The molecular weight excluding hydrogens is 330 g/mol. The summed E-state index contributed by atoms with van der Waals surface area (Å²) in [5.74, 6) is 0.0498. The molecule has 2 amide bonds. The van der Waals surface area contributed by atoms with E-state index >= 15 is 0 Å². The Balaban J connectivity index is 1.47. The molecule has 1 aromatic carbocycles. The summed E-state index contributed by atoms with van der Waals surface area (Å²) in [6.45, 7) is 5.78. The number of aryl methyl sites for hydroxylation is 1. The van der Waals surface area contributed by atoms with E-state index < -0.39 is 0 Å². The smallest absolute Gasteiger partial charge is 0.270 e. The van der Waals surface area contributed by atoms with E-state index in [2.05, 4.69) is 4.98 Å². The molecular formula is C20H25N3O3. The Morgan fingerprint density at radius 2 is 1.92 bits per heavy atom. The fourth-order valence-corrected chi connectivity index (χ4v) is 3.93. The minimum Gasteiger partial charge on any atom is -0.378 e. The Labute approximate surface area is 153 Å². The highest BCUT2D eigenvalue weighted by molar-refractivity contribution is 5.98. The highest BCUT2D eigenvalue weighted by Crippen LogP contribution is 2.23. The number of amides is 2. The molecule has 1 atom stereocenters. The lowest BCUT2D eigenvalue weighted by atomic mass is 9.96. The van der Waals surface area contributed by atoms with Gasteiger partial charge in [0.25, 0.3) is 5.91 Å². The summed E-state index contributed by atoms with van der Waals surface area (Å²) < 4.78 is 5.33. The number of piperidine rings is 1. The van der Waals surface area contributed by atoms with Crippen molar-refractivity contribution >= 4 is 22.7 Å². The Morgan fingerprint density at radius 1 is 1.12 bits per heavy atom. The van der Waals surface area contributed by atoms with E-state index in [1.165, 1.54) is 0 Å². The predicted octanol–water partition coefficient (Wildman–Crippen LogP) is 2.19. The van der Waals surface area contributed by atoms with Crippen LogP contribution in [-0.4, -0.2) is 66.0 Å². The van der Waals surface area contributed by atoms with E-state index in [4.69, 9.17) is 4.74 Å². The molecule has 26 heavy (non-hydrogen) atoms. The number of nitrogens with one attached hydrogen (secondary N) is 1. The van der Waals surface area contributed by atoms with Crippen LogP contribution in [-0.2, 0) is 9.53 Å². The van der Waals surface area contributed by atoms with Gasteiger partial charge in [-0.2, -0.15) is 0 Å². The van der Waals surface area contributed by atoms with E-state index in [0.717, 1.165) is 29.3 Å². The number of H-pyrrole nitrogens is 1. The molecule has 0 radical (unpaired) electrons. The quantitative estimate of drug-likeness (QED) is 0.898. The number of benzene rings is 1. The minimum atomic E-state index is -0.0996. The van der Waals surface area contributed by atoms with Crippen LogP contribution in [0.25, 0.3) is 10.9 Å². The number of morpholine rings is 1. The Hall–Kier alpha value is -2.34. The normalized spacial score (nSPS) is 21.2. The van der Waals surface area contributed by atoms with Crippen molar-refractivity contribution in [2.45, 2.75) is 19.8 Å². The molecule has 0 bridgehead atoms. The van der Waals surface area contributed by atoms with Crippen LogP contribution in [0.4, 0.5) is 0 Å². The van der Waals surface area contributed by atoms with Gasteiger partial charge in [-0.1, -0.05) is 12.1 Å². The highest BCUT2D eigenvalue weighted by atomic mass is 16.5. The maximum atomic E-state index is 12.9. The van der Waals surface area contributed by atoms with E-state index in [1.54, 1.807) is 0 Å².